The maximum atomic E-state index is 14.7. The van der Waals surface area contributed by atoms with Crippen LogP contribution in [0.2, 0.25) is 0 Å². The molecule has 2 aliphatic heterocycles. The zero-order chi connectivity index (χ0) is 22.0. The molecule has 0 saturated heterocycles. The number of nitrogens with one attached hydrogen (secondary N) is 1. The molecular formula is C22H18FN5O4. The number of nitrogens with zero attached hydrogens (tertiary/aromatic N) is 4. The van der Waals surface area contributed by atoms with Gasteiger partial charge in [0.05, 0.1) is 24.8 Å². The molecule has 3 aromatic heterocycles. The molecule has 0 aliphatic carbocycles. The van der Waals surface area contributed by atoms with E-state index in [9.17, 15) is 14.3 Å². The Morgan fingerprint density at radius 2 is 2.06 bits per heavy atom. The number of hydrogen-bond acceptors (Lipinski definition) is 6. The first kappa shape index (κ1) is 18.7. The van der Waals surface area contributed by atoms with Crippen molar-refractivity contribution in [2.24, 2.45) is 7.05 Å². The molecule has 0 saturated carbocycles. The normalized spacial score (nSPS) is 16.8. The lowest BCUT2D eigenvalue weighted by atomic mass is 9.96. The Morgan fingerprint density at radius 3 is 2.81 bits per heavy atom. The zero-order valence-corrected chi connectivity index (χ0v) is 17.0. The minimum Gasteiger partial charge on any atom is -0.493 e. The van der Waals surface area contributed by atoms with Crippen LogP contribution in [0.5, 0.6) is 11.5 Å². The zero-order valence-electron chi connectivity index (χ0n) is 17.0. The van der Waals surface area contributed by atoms with Crippen molar-refractivity contribution in [3.8, 4) is 22.8 Å². The highest BCUT2D eigenvalue weighted by atomic mass is 19.1. The lowest BCUT2D eigenvalue weighted by Gasteiger charge is -2.17. The number of carbonyl (C=O) groups is 1. The minimum atomic E-state index is -1.14. The van der Waals surface area contributed by atoms with Crippen LogP contribution < -0.4 is 14.8 Å². The predicted octanol–water partition coefficient (Wildman–Crippen LogP) is 3.05. The number of hydrogen-bond donors (Lipinski definition) is 2. The van der Waals surface area contributed by atoms with Crippen LogP contribution in [0.25, 0.3) is 16.9 Å². The van der Waals surface area contributed by atoms with E-state index >= 15 is 0 Å². The fourth-order valence-electron chi connectivity index (χ4n) is 4.47. The lowest BCUT2D eigenvalue weighted by molar-refractivity contribution is 0.0691. The number of benzene rings is 1. The van der Waals surface area contributed by atoms with Gasteiger partial charge in [0.15, 0.2) is 17.3 Å². The standard InChI is InChI=1S/C22H18FN5O4/c1-27-16(4-5-25-27)12-6-18-21(28-8-15(22(29)30)26-20(12)28)24-7-13-14(23)2-3-17-19(13)11(9-31-17)10-32-18/h2-6,8,11,24H,7,9-10H2,1H3,(H,29,30)/t11-/m1/s1. The van der Waals surface area contributed by atoms with Crippen molar-refractivity contribution in [3.63, 3.8) is 0 Å². The molecule has 1 aromatic carbocycles. The molecule has 0 fully saturated rings. The number of halogens is 1. The predicted molar refractivity (Wildman–Crippen MR) is 112 cm³/mol. The average Bonchev–Trinajstić information content (AvgIpc) is 3.49. The third-order valence-corrected chi connectivity index (χ3v) is 5.99. The van der Waals surface area contributed by atoms with Gasteiger partial charge in [-0.3, -0.25) is 9.08 Å². The Morgan fingerprint density at radius 1 is 1.25 bits per heavy atom. The highest BCUT2D eigenvalue weighted by Gasteiger charge is 2.32. The molecule has 5 heterocycles. The lowest BCUT2D eigenvalue weighted by Crippen LogP contribution is -2.13. The van der Waals surface area contributed by atoms with Gasteiger partial charge in [0.1, 0.15) is 17.2 Å². The summed E-state index contributed by atoms with van der Waals surface area (Å²) in [5.41, 5.74) is 3.08. The quantitative estimate of drug-likeness (QED) is 0.499. The van der Waals surface area contributed by atoms with Gasteiger partial charge in [-0.2, -0.15) is 5.10 Å². The number of aromatic nitrogens is 4. The second kappa shape index (κ2) is 6.71. The fraction of sp³-hybridized carbons (Fsp3) is 0.227. The van der Waals surface area contributed by atoms with Crippen molar-refractivity contribution in [2.45, 2.75) is 12.5 Å². The van der Waals surface area contributed by atoms with Crippen molar-refractivity contribution in [1.82, 2.24) is 19.2 Å². The molecule has 0 spiro atoms. The topological polar surface area (TPSA) is 103 Å². The van der Waals surface area contributed by atoms with Crippen LogP contribution >= 0.6 is 0 Å². The van der Waals surface area contributed by atoms with Crippen molar-refractivity contribution in [1.29, 1.82) is 0 Å². The Labute approximate surface area is 181 Å². The van der Waals surface area contributed by atoms with Gasteiger partial charge in [-0.15, -0.1) is 0 Å². The van der Waals surface area contributed by atoms with E-state index in [1.165, 1.54) is 12.3 Å². The molecule has 4 aromatic rings. The molecule has 6 rings (SSSR count). The minimum absolute atomic E-state index is 0.107. The summed E-state index contributed by atoms with van der Waals surface area (Å²) in [7, 11) is 1.80. The van der Waals surface area contributed by atoms with Gasteiger partial charge in [-0.25, -0.2) is 14.2 Å². The smallest absolute Gasteiger partial charge is 0.356 e. The van der Waals surface area contributed by atoms with E-state index < -0.39 is 5.97 Å². The molecule has 162 valence electrons. The van der Waals surface area contributed by atoms with Crippen LogP contribution in [-0.4, -0.2) is 43.5 Å². The maximum absolute atomic E-state index is 14.7. The highest BCUT2D eigenvalue weighted by molar-refractivity contribution is 5.89. The van der Waals surface area contributed by atoms with Crippen molar-refractivity contribution in [2.75, 3.05) is 18.5 Å². The number of rotatable bonds is 2. The van der Waals surface area contributed by atoms with E-state index in [4.69, 9.17) is 9.47 Å². The van der Waals surface area contributed by atoms with Gasteiger partial charge in [0, 0.05) is 42.7 Å². The Hall–Kier alpha value is -4.08. The van der Waals surface area contributed by atoms with Gasteiger partial charge >= 0.3 is 5.97 Å². The molecule has 32 heavy (non-hydrogen) atoms. The van der Waals surface area contributed by atoms with Crippen molar-refractivity contribution in [3.05, 3.63) is 59.3 Å². The summed E-state index contributed by atoms with van der Waals surface area (Å²) >= 11 is 0. The first-order valence-electron chi connectivity index (χ1n) is 10.1. The summed E-state index contributed by atoms with van der Waals surface area (Å²) < 4.78 is 30.0. The summed E-state index contributed by atoms with van der Waals surface area (Å²) in [5.74, 6) is 0.0919. The van der Waals surface area contributed by atoms with E-state index in [-0.39, 0.29) is 30.6 Å². The number of aryl methyl sites for hydroxylation is 1. The molecule has 0 radical (unpaired) electrons. The van der Waals surface area contributed by atoms with E-state index in [0.717, 1.165) is 11.3 Å². The summed E-state index contributed by atoms with van der Waals surface area (Å²) in [6.45, 7) is 0.882. The van der Waals surface area contributed by atoms with Gasteiger partial charge < -0.3 is 19.9 Å². The molecule has 0 unspecified atom stereocenters. The van der Waals surface area contributed by atoms with Crippen LogP contribution in [0, 0.1) is 5.82 Å². The summed E-state index contributed by atoms with van der Waals surface area (Å²) in [6, 6.07) is 6.68. The number of carboxylic acid groups (broad SMARTS) is 1. The molecular weight excluding hydrogens is 417 g/mol. The Kier molecular flexibility index (Phi) is 3.91. The van der Waals surface area contributed by atoms with E-state index in [1.807, 2.05) is 12.1 Å². The average molecular weight is 435 g/mol. The highest BCUT2D eigenvalue weighted by Crippen LogP contribution is 2.42. The second-order valence-corrected chi connectivity index (χ2v) is 7.85. The SMILES string of the molecule is Cn1nccc1-c1cc2c(n3cc(C(=O)O)nc13)NCc1c(F)ccc3c1[C@H](CO3)CO2. The van der Waals surface area contributed by atoms with Crippen molar-refractivity contribution < 1.29 is 23.8 Å². The largest absolute Gasteiger partial charge is 0.493 e. The maximum Gasteiger partial charge on any atom is 0.356 e. The Balaban J connectivity index is 1.57. The number of imidazole rings is 1. The number of ether oxygens (including phenoxy) is 2. The van der Waals surface area contributed by atoms with Crippen LogP contribution in [0.1, 0.15) is 27.5 Å². The summed E-state index contributed by atoms with van der Waals surface area (Å²) in [6.07, 6.45) is 3.09. The molecule has 0 bridgehead atoms. The number of anilines is 1. The first-order valence-corrected chi connectivity index (χ1v) is 10.1. The number of carboxylic acids is 1. The molecule has 2 N–H and O–H groups in total. The third-order valence-electron chi connectivity index (χ3n) is 5.99. The summed E-state index contributed by atoms with van der Waals surface area (Å²) in [4.78, 5) is 16.0. The molecule has 0 amide bonds. The van der Waals surface area contributed by atoms with E-state index in [1.54, 1.807) is 28.4 Å². The molecule has 9 nitrogen and oxygen atoms in total. The van der Waals surface area contributed by atoms with Crippen LogP contribution in [0.3, 0.4) is 0 Å². The monoisotopic (exact) mass is 435 g/mol. The molecule has 10 heteroatoms. The van der Waals surface area contributed by atoms with Crippen LogP contribution in [0.15, 0.2) is 36.7 Å². The molecule has 1 atom stereocenters. The van der Waals surface area contributed by atoms with Gasteiger partial charge in [-0.05, 0) is 24.3 Å². The van der Waals surface area contributed by atoms with Gasteiger partial charge in [0.25, 0.3) is 0 Å². The number of pyridine rings is 1. The Bertz CT molecular complexity index is 1410. The van der Waals surface area contributed by atoms with Crippen LogP contribution in [-0.2, 0) is 13.6 Å². The molecule has 2 aliphatic rings. The van der Waals surface area contributed by atoms with E-state index in [0.29, 0.717) is 40.7 Å². The van der Waals surface area contributed by atoms with E-state index in [2.05, 4.69) is 15.4 Å². The summed E-state index contributed by atoms with van der Waals surface area (Å²) in [5, 5.41) is 17.0. The first-order chi connectivity index (χ1) is 15.5. The fourth-order valence-corrected chi connectivity index (χ4v) is 4.47. The second-order valence-electron chi connectivity index (χ2n) is 7.85. The third kappa shape index (κ3) is 2.65. The van der Waals surface area contributed by atoms with Crippen molar-refractivity contribution >= 4 is 17.4 Å². The van der Waals surface area contributed by atoms with Crippen LogP contribution in [0.4, 0.5) is 10.2 Å². The number of aromatic carboxylic acids is 1. The number of fused-ring (bicyclic) bond motifs is 3. The van der Waals surface area contributed by atoms with Gasteiger partial charge in [-0.1, -0.05) is 0 Å². The van der Waals surface area contributed by atoms with Gasteiger partial charge in [0.2, 0.25) is 0 Å².